The van der Waals surface area contributed by atoms with Crippen molar-refractivity contribution in [3.05, 3.63) is 29.8 Å². The molecule has 1 saturated heterocycles. The van der Waals surface area contributed by atoms with E-state index >= 15 is 0 Å². The van der Waals surface area contributed by atoms with Gasteiger partial charge in [-0.05, 0) is 37.5 Å². The average Bonchev–Trinajstić information content (AvgIpc) is 2.75. The first-order chi connectivity index (χ1) is 10.7. The van der Waals surface area contributed by atoms with Crippen molar-refractivity contribution in [1.29, 1.82) is 0 Å². The van der Waals surface area contributed by atoms with E-state index in [9.17, 15) is 16.8 Å². The maximum absolute atomic E-state index is 12.5. The molecule has 0 radical (unpaired) electrons. The van der Waals surface area contributed by atoms with E-state index in [1.165, 1.54) is 16.4 Å². The molecule has 0 amide bonds. The molecule has 23 heavy (non-hydrogen) atoms. The lowest BCUT2D eigenvalue weighted by Crippen LogP contribution is -2.42. The van der Waals surface area contributed by atoms with Gasteiger partial charge in [-0.2, -0.15) is 17.4 Å². The maximum Gasteiger partial charge on any atom is 0.279 e. The summed E-state index contributed by atoms with van der Waals surface area (Å²) in [6.45, 7) is 2.86. The van der Waals surface area contributed by atoms with Crippen LogP contribution in [-0.2, 0) is 20.0 Å². The van der Waals surface area contributed by atoms with Gasteiger partial charge in [-0.15, -0.1) is 0 Å². The van der Waals surface area contributed by atoms with Crippen LogP contribution in [0.15, 0.2) is 29.2 Å². The molecule has 0 aromatic heterocycles. The molecule has 0 unspecified atom stereocenters. The molecule has 1 fully saturated rings. The fourth-order valence-corrected chi connectivity index (χ4v) is 4.75. The number of hydrogen-bond acceptors (Lipinski definition) is 4. The molecule has 0 bridgehead atoms. The van der Waals surface area contributed by atoms with Gasteiger partial charge in [0.1, 0.15) is 0 Å². The van der Waals surface area contributed by atoms with Crippen molar-refractivity contribution >= 4 is 20.0 Å². The maximum atomic E-state index is 12.5. The first-order valence-electron chi connectivity index (χ1n) is 7.77. The minimum absolute atomic E-state index is 0.226. The molecule has 1 N–H and O–H groups in total. The molecule has 0 saturated carbocycles. The second-order valence-electron chi connectivity index (χ2n) is 6.00. The smallest absolute Gasteiger partial charge is 0.224 e. The summed E-state index contributed by atoms with van der Waals surface area (Å²) in [7, 11) is -6.78. The standard InChI is InChI=1S/C15H24N2O4S2/c1-13(14-7-9-15(10-8-14)22(2,18)19)16-23(20,21)17-11-5-3-4-6-12-17/h7-10,13,16H,3-6,11-12H2,1-2H3/t13-/m0/s1. The number of hydrogen-bond donors (Lipinski definition) is 1. The van der Waals surface area contributed by atoms with Crippen molar-refractivity contribution in [1.82, 2.24) is 9.03 Å². The Morgan fingerprint density at radius 2 is 1.48 bits per heavy atom. The largest absolute Gasteiger partial charge is 0.279 e. The molecule has 1 aliphatic rings. The molecule has 2 rings (SSSR count). The highest BCUT2D eigenvalue weighted by atomic mass is 32.2. The monoisotopic (exact) mass is 360 g/mol. The van der Waals surface area contributed by atoms with Crippen LogP contribution in [0.4, 0.5) is 0 Å². The number of nitrogens with one attached hydrogen (secondary N) is 1. The Bertz CT molecular complexity index is 719. The molecular weight excluding hydrogens is 336 g/mol. The van der Waals surface area contributed by atoms with Gasteiger partial charge in [0.2, 0.25) is 0 Å². The Balaban J connectivity index is 2.09. The number of nitrogens with zero attached hydrogens (tertiary/aromatic N) is 1. The van der Waals surface area contributed by atoms with Crippen LogP contribution in [-0.4, -0.2) is 40.5 Å². The molecule has 1 aromatic rings. The predicted molar refractivity (Wildman–Crippen MR) is 90.1 cm³/mol. The third-order valence-electron chi connectivity index (χ3n) is 4.04. The third kappa shape index (κ3) is 5.00. The summed E-state index contributed by atoms with van der Waals surface area (Å²) < 4.78 is 52.0. The Hall–Kier alpha value is -0.960. The van der Waals surface area contributed by atoms with Crippen LogP contribution in [0.2, 0.25) is 0 Å². The highest BCUT2D eigenvalue weighted by Gasteiger charge is 2.25. The Morgan fingerprint density at radius 1 is 0.957 bits per heavy atom. The fourth-order valence-electron chi connectivity index (χ4n) is 2.65. The van der Waals surface area contributed by atoms with E-state index in [1.807, 2.05) is 0 Å². The van der Waals surface area contributed by atoms with Crippen molar-refractivity contribution in [2.75, 3.05) is 19.3 Å². The van der Waals surface area contributed by atoms with Gasteiger partial charge >= 0.3 is 0 Å². The van der Waals surface area contributed by atoms with E-state index < -0.39 is 26.1 Å². The van der Waals surface area contributed by atoms with Gasteiger partial charge in [0, 0.05) is 25.4 Å². The molecule has 1 aliphatic heterocycles. The third-order valence-corrected chi connectivity index (χ3v) is 6.86. The summed E-state index contributed by atoms with van der Waals surface area (Å²) >= 11 is 0. The summed E-state index contributed by atoms with van der Waals surface area (Å²) in [6.07, 6.45) is 5.05. The summed E-state index contributed by atoms with van der Waals surface area (Å²) in [6, 6.07) is 5.87. The SMILES string of the molecule is C[C@H](NS(=O)(=O)N1CCCCCC1)c1ccc(S(C)(=O)=O)cc1. The van der Waals surface area contributed by atoms with Gasteiger partial charge in [-0.3, -0.25) is 0 Å². The molecule has 130 valence electrons. The van der Waals surface area contributed by atoms with Gasteiger partial charge in [-0.1, -0.05) is 25.0 Å². The summed E-state index contributed by atoms with van der Waals surface area (Å²) in [5.74, 6) is 0. The van der Waals surface area contributed by atoms with Crippen molar-refractivity contribution in [2.24, 2.45) is 0 Å². The zero-order valence-corrected chi connectivity index (χ0v) is 15.2. The molecule has 1 aromatic carbocycles. The van der Waals surface area contributed by atoms with Gasteiger partial charge < -0.3 is 0 Å². The quantitative estimate of drug-likeness (QED) is 0.869. The second kappa shape index (κ2) is 7.29. The molecule has 8 heteroatoms. The number of benzene rings is 1. The van der Waals surface area contributed by atoms with Crippen LogP contribution in [0.5, 0.6) is 0 Å². The number of sulfone groups is 1. The lowest BCUT2D eigenvalue weighted by Gasteiger charge is -2.23. The Morgan fingerprint density at radius 3 is 1.96 bits per heavy atom. The van der Waals surface area contributed by atoms with Crippen LogP contribution in [0, 0.1) is 0 Å². The molecule has 1 atom stereocenters. The lowest BCUT2D eigenvalue weighted by atomic mass is 10.1. The van der Waals surface area contributed by atoms with Gasteiger partial charge in [-0.25, -0.2) is 8.42 Å². The topological polar surface area (TPSA) is 83.6 Å². The van der Waals surface area contributed by atoms with Crippen molar-refractivity contribution in [3.63, 3.8) is 0 Å². The molecule has 6 nitrogen and oxygen atoms in total. The lowest BCUT2D eigenvalue weighted by molar-refractivity contribution is 0.410. The van der Waals surface area contributed by atoms with Gasteiger partial charge in [0.05, 0.1) is 4.90 Å². The molecule has 1 heterocycles. The van der Waals surface area contributed by atoms with E-state index in [2.05, 4.69) is 4.72 Å². The van der Waals surface area contributed by atoms with Crippen LogP contribution in [0.3, 0.4) is 0 Å². The second-order valence-corrected chi connectivity index (χ2v) is 9.72. The van der Waals surface area contributed by atoms with Gasteiger partial charge in [0.15, 0.2) is 9.84 Å². The molecular formula is C15H24N2O4S2. The van der Waals surface area contributed by atoms with E-state index in [0.29, 0.717) is 13.1 Å². The van der Waals surface area contributed by atoms with E-state index in [-0.39, 0.29) is 4.90 Å². The fraction of sp³-hybridized carbons (Fsp3) is 0.600. The van der Waals surface area contributed by atoms with Crippen LogP contribution < -0.4 is 4.72 Å². The number of rotatable bonds is 5. The summed E-state index contributed by atoms with van der Waals surface area (Å²) in [5.41, 5.74) is 0.732. The first-order valence-corrected chi connectivity index (χ1v) is 11.1. The van der Waals surface area contributed by atoms with Crippen LogP contribution >= 0.6 is 0 Å². The Labute approximate surface area is 139 Å². The van der Waals surface area contributed by atoms with Crippen LogP contribution in [0.1, 0.15) is 44.2 Å². The van der Waals surface area contributed by atoms with E-state index in [4.69, 9.17) is 0 Å². The van der Waals surface area contributed by atoms with E-state index in [0.717, 1.165) is 37.5 Å². The first kappa shape index (κ1) is 18.4. The highest BCUT2D eigenvalue weighted by Crippen LogP contribution is 2.19. The highest BCUT2D eigenvalue weighted by molar-refractivity contribution is 7.90. The minimum atomic E-state index is -3.53. The minimum Gasteiger partial charge on any atom is -0.224 e. The van der Waals surface area contributed by atoms with Crippen molar-refractivity contribution in [3.8, 4) is 0 Å². The predicted octanol–water partition coefficient (Wildman–Crippen LogP) is 1.86. The zero-order valence-electron chi connectivity index (χ0n) is 13.5. The van der Waals surface area contributed by atoms with Crippen molar-refractivity contribution < 1.29 is 16.8 Å². The van der Waals surface area contributed by atoms with E-state index in [1.54, 1.807) is 19.1 Å². The van der Waals surface area contributed by atoms with Crippen LogP contribution in [0.25, 0.3) is 0 Å². The summed E-state index contributed by atoms with van der Waals surface area (Å²) in [4.78, 5) is 0.226. The normalized spacial score (nSPS) is 19.2. The Kier molecular flexibility index (Phi) is 5.83. The molecule has 0 spiro atoms. The van der Waals surface area contributed by atoms with Crippen molar-refractivity contribution in [2.45, 2.75) is 43.5 Å². The molecule has 0 aliphatic carbocycles. The zero-order chi connectivity index (χ0) is 17.1. The summed E-state index contributed by atoms with van der Waals surface area (Å²) in [5, 5.41) is 0. The van der Waals surface area contributed by atoms with Gasteiger partial charge in [0.25, 0.3) is 10.2 Å². The average molecular weight is 361 g/mol.